The van der Waals surface area contributed by atoms with Crippen LogP contribution >= 0.6 is 11.3 Å². The largest absolute Gasteiger partial charge is 0.450 e. The number of thiophene rings is 1. The third-order valence-electron chi connectivity index (χ3n) is 3.50. The third kappa shape index (κ3) is 4.34. The van der Waals surface area contributed by atoms with E-state index in [1.807, 2.05) is 17.5 Å². The number of rotatable bonds is 6. The topological polar surface area (TPSA) is 81.4 Å². The zero-order valence-corrected chi connectivity index (χ0v) is 14.6. The number of carbonyl (C=O) groups is 2. The number of hydrogen-bond donors (Lipinski definition) is 1. The number of aryl methyl sites for hydroxylation is 1. The van der Waals surface area contributed by atoms with Gasteiger partial charge in [0.15, 0.2) is 6.61 Å². The minimum Gasteiger partial charge on any atom is -0.450 e. The first kappa shape index (κ1) is 17.8. The number of aromatic nitrogens is 1. The molecular formula is C18H15FN2O4S. The monoisotopic (exact) mass is 374 g/mol. The molecule has 1 amide bonds. The van der Waals surface area contributed by atoms with Crippen LogP contribution in [-0.4, -0.2) is 23.6 Å². The molecule has 2 aromatic heterocycles. The molecule has 0 aliphatic rings. The van der Waals surface area contributed by atoms with Gasteiger partial charge in [0.1, 0.15) is 5.82 Å². The summed E-state index contributed by atoms with van der Waals surface area (Å²) in [6.07, 6.45) is 0. The summed E-state index contributed by atoms with van der Waals surface area (Å²) >= 11 is 1.46. The SMILES string of the molecule is Cc1cc(C(=O)OCC(=O)N[C@@H](c2ccc(F)cc2)c2cccs2)on1. The lowest BCUT2D eigenvalue weighted by atomic mass is 10.1. The maximum atomic E-state index is 13.2. The summed E-state index contributed by atoms with van der Waals surface area (Å²) < 4.78 is 22.9. The van der Waals surface area contributed by atoms with E-state index in [1.54, 1.807) is 19.1 Å². The van der Waals surface area contributed by atoms with Crippen molar-refractivity contribution in [3.05, 3.63) is 75.6 Å². The predicted octanol–water partition coefficient (Wildman–Crippen LogP) is 3.25. The summed E-state index contributed by atoms with van der Waals surface area (Å²) in [5.41, 5.74) is 1.26. The summed E-state index contributed by atoms with van der Waals surface area (Å²) in [5.74, 6) is -1.68. The lowest BCUT2D eigenvalue weighted by Crippen LogP contribution is -2.32. The minimum absolute atomic E-state index is 0.0661. The number of benzene rings is 1. The molecule has 0 spiro atoms. The Morgan fingerprint density at radius 2 is 2.08 bits per heavy atom. The van der Waals surface area contributed by atoms with Crippen molar-refractivity contribution in [1.82, 2.24) is 10.5 Å². The highest BCUT2D eigenvalue weighted by atomic mass is 32.1. The van der Waals surface area contributed by atoms with Gasteiger partial charge in [0.05, 0.1) is 11.7 Å². The molecular weight excluding hydrogens is 359 g/mol. The van der Waals surface area contributed by atoms with Crippen LogP contribution in [0.3, 0.4) is 0 Å². The van der Waals surface area contributed by atoms with Crippen molar-refractivity contribution >= 4 is 23.2 Å². The number of nitrogens with one attached hydrogen (secondary N) is 1. The molecule has 8 heteroatoms. The summed E-state index contributed by atoms with van der Waals surface area (Å²) in [4.78, 5) is 24.9. The van der Waals surface area contributed by atoms with Gasteiger partial charge in [-0.2, -0.15) is 0 Å². The van der Waals surface area contributed by atoms with Gasteiger partial charge in [-0.05, 0) is 36.1 Å². The number of nitrogens with zero attached hydrogens (tertiary/aromatic N) is 1. The Labute approximate surface area is 152 Å². The zero-order valence-electron chi connectivity index (χ0n) is 13.8. The smallest absolute Gasteiger partial charge is 0.377 e. The zero-order chi connectivity index (χ0) is 18.5. The molecule has 6 nitrogen and oxygen atoms in total. The molecule has 0 aliphatic heterocycles. The molecule has 2 heterocycles. The molecule has 3 aromatic rings. The van der Waals surface area contributed by atoms with E-state index in [9.17, 15) is 14.0 Å². The molecule has 0 bridgehead atoms. The van der Waals surface area contributed by atoms with Gasteiger partial charge in [0.25, 0.3) is 5.91 Å². The van der Waals surface area contributed by atoms with Gasteiger partial charge in [-0.25, -0.2) is 9.18 Å². The number of hydrogen-bond acceptors (Lipinski definition) is 6. The van der Waals surface area contributed by atoms with Crippen LogP contribution in [0.25, 0.3) is 0 Å². The predicted molar refractivity (Wildman–Crippen MR) is 92.2 cm³/mol. The van der Waals surface area contributed by atoms with Crippen molar-refractivity contribution in [3.63, 3.8) is 0 Å². The second kappa shape index (κ2) is 7.92. The van der Waals surface area contributed by atoms with Crippen LogP contribution in [0.5, 0.6) is 0 Å². The number of ether oxygens (including phenoxy) is 1. The number of carbonyl (C=O) groups excluding carboxylic acids is 2. The average Bonchev–Trinajstić information content (AvgIpc) is 3.30. The van der Waals surface area contributed by atoms with E-state index < -0.39 is 24.5 Å². The highest BCUT2D eigenvalue weighted by Crippen LogP contribution is 2.26. The van der Waals surface area contributed by atoms with Gasteiger partial charge in [-0.1, -0.05) is 23.4 Å². The molecule has 1 N–H and O–H groups in total. The van der Waals surface area contributed by atoms with E-state index >= 15 is 0 Å². The van der Waals surface area contributed by atoms with Crippen molar-refractivity contribution in [2.45, 2.75) is 13.0 Å². The Hall–Kier alpha value is -3.00. The first-order valence-corrected chi connectivity index (χ1v) is 8.59. The number of halogens is 1. The highest BCUT2D eigenvalue weighted by molar-refractivity contribution is 7.10. The second-order valence-electron chi connectivity index (χ2n) is 5.48. The van der Waals surface area contributed by atoms with Gasteiger partial charge in [0, 0.05) is 10.9 Å². The number of amides is 1. The molecule has 0 fully saturated rings. The first-order valence-electron chi connectivity index (χ1n) is 7.71. The van der Waals surface area contributed by atoms with Gasteiger partial charge in [-0.3, -0.25) is 4.79 Å². The Morgan fingerprint density at radius 1 is 1.31 bits per heavy atom. The van der Waals surface area contributed by atoms with Crippen LogP contribution in [0, 0.1) is 12.7 Å². The van der Waals surface area contributed by atoms with E-state index in [2.05, 4.69) is 10.5 Å². The standard InChI is InChI=1S/C18H15FN2O4S/c1-11-9-14(25-21-11)18(23)24-10-16(22)20-17(15-3-2-8-26-15)12-4-6-13(19)7-5-12/h2-9,17H,10H2,1H3,(H,20,22)/t17-/m0/s1. The normalized spacial score (nSPS) is 11.8. The molecule has 0 radical (unpaired) electrons. The second-order valence-corrected chi connectivity index (χ2v) is 6.46. The molecule has 134 valence electrons. The van der Waals surface area contributed by atoms with E-state index in [1.165, 1.54) is 29.5 Å². The van der Waals surface area contributed by atoms with Crippen LogP contribution in [0.2, 0.25) is 0 Å². The van der Waals surface area contributed by atoms with Crippen molar-refractivity contribution in [2.24, 2.45) is 0 Å². The molecule has 0 saturated heterocycles. The van der Waals surface area contributed by atoms with Crippen molar-refractivity contribution in [2.75, 3.05) is 6.61 Å². The van der Waals surface area contributed by atoms with Crippen molar-refractivity contribution < 1.29 is 23.2 Å². The Morgan fingerprint density at radius 3 is 2.69 bits per heavy atom. The van der Waals surface area contributed by atoms with Gasteiger partial charge < -0.3 is 14.6 Å². The molecule has 0 unspecified atom stereocenters. The van der Waals surface area contributed by atoms with Gasteiger partial charge >= 0.3 is 5.97 Å². The lowest BCUT2D eigenvalue weighted by molar-refractivity contribution is -0.124. The Bertz CT molecular complexity index is 890. The fourth-order valence-corrected chi connectivity index (χ4v) is 3.10. The van der Waals surface area contributed by atoms with Crippen LogP contribution in [-0.2, 0) is 9.53 Å². The van der Waals surface area contributed by atoms with Crippen molar-refractivity contribution in [1.29, 1.82) is 0 Å². The minimum atomic E-state index is -0.768. The third-order valence-corrected chi connectivity index (χ3v) is 4.44. The average molecular weight is 374 g/mol. The van der Waals surface area contributed by atoms with E-state index in [-0.39, 0.29) is 11.6 Å². The quantitative estimate of drug-likeness (QED) is 0.670. The fourth-order valence-electron chi connectivity index (χ4n) is 2.29. The lowest BCUT2D eigenvalue weighted by Gasteiger charge is -2.18. The first-order chi connectivity index (χ1) is 12.5. The van der Waals surface area contributed by atoms with Gasteiger partial charge in [0.2, 0.25) is 5.76 Å². The molecule has 0 saturated carbocycles. The molecule has 0 aliphatic carbocycles. The van der Waals surface area contributed by atoms with E-state index in [4.69, 9.17) is 9.26 Å². The van der Waals surface area contributed by atoms with Crippen LogP contribution < -0.4 is 5.32 Å². The Balaban J connectivity index is 1.66. The Kier molecular flexibility index (Phi) is 5.43. The number of esters is 1. The summed E-state index contributed by atoms with van der Waals surface area (Å²) in [6.45, 7) is 1.20. The highest BCUT2D eigenvalue weighted by Gasteiger charge is 2.20. The van der Waals surface area contributed by atoms with E-state index in [0.29, 0.717) is 5.69 Å². The molecule has 1 aromatic carbocycles. The maximum absolute atomic E-state index is 13.2. The summed E-state index contributed by atoms with van der Waals surface area (Å²) in [7, 11) is 0. The molecule has 1 atom stereocenters. The van der Waals surface area contributed by atoms with Crippen molar-refractivity contribution in [3.8, 4) is 0 Å². The van der Waals surface area contributed by atoms with Crippen LogP contribution in [0.1, 0.15) is 32.7 Å². The van der Waals surface area contributed by atoms with Crippen LogP contribution in [0.4, 0.5) is 4.39 Å². The fraction of sp³-hybridized carbons (Fsp3) is 0.167. The molecule has 3 rings (SSSR count). The maximum Gasteiger partial charge on any atom is 0.377 e. The molecule has 26 heavy (non-hydrogen) atoms. The van der Waals surface area contributed by atoms with Gasteiger partial charge in [-0.15, -0.1) is 11.3 Å². The summed E-state index contributed by atoms with van der Waals surface area (Å²) in [5, 5.41) is 8.26. The van der Waals surface area contributed by atoms with Crippen LogP contribution in [0.15, 0.2) is 52.4 Å². The summed E-state index contributed by atoms with van der Waals surface area (Å²) in [6, 6.07) is 10.5. The van der Waals surface area contributed by atoms with E-state index in [0.717, 1.165) is 10.4 Å².